The summed E-state index contributed by atoms with van der Waals surface area (Å²) in [6.45, 7) is 18.5. The van der Waals surface area contributed by atoms with Crippen LogP contribution in [0.2, 0.25) is 0 Å². The number of esters is 1. The highest BCUT2D eigenvalue weighted by Crippen LogP contribution is 2.17. The minimum absolute atomic E-state index is 0.00960. The van der Waals surface area contributed by atoms with Gasteiger partial charge in [-0.3, -0.25) is 47.9 Å². The fourth-order valence-electron chi connectivity index (χ4n) is 8.78. The van der Waals surface area contributed by atoms with Crippen LogP contribution < -0.4 is 47.9 Å². The molecule has 13 N–H and O–H groups in total. The number of carbonyl (C=O) groups excluding carboxylic acids is 10. The zero-order valence-corrected chi connectivity index (χ0v) is 49.2. The Morgan fingerprint density at radius 3 is 1.52 bits per heavy atom. The van der Waals surface area contributed by atoms with Crippen molar-refractivity contribution in [2.45, 2.75) is 240 Å². The average molecular weight is 1140 g/mol. The number of aliphatic hydroxyl groups excluding tert-OH is 3. The molecule has 1 aliphatic heterocycles. The summed E-state index contributed by atoms with van der Waals surface area (Å²) in [7, 11) is 0. The molecule has 13 unspecified atom stereocenters. The van der Waals surface area contributed by atoms with E-state index in [2.05, 4.69) is 54.8 Å². The normalized spacial score (nSPS) is 24.2. The number of ether oxygens (including phenoxy) is 1. The molecule has 0 aromatic heterocycles. The Morgan fingerprint density at radius 2 is 1.04 bits per heavy atom. The maximum atomic E-state index is 14.8. The van der Waals surface area contributed by atoms with E-state index in [1.807, 2.05) is 0 Å². The number of hydrogen-bond donors (Lipinski definition) is 13. The number of carboxylic acid groups (broad SMARTS) is 1. The molecular formula is C55H97N9O16. The summed E-state index contributed by atoms with van der Waals surface area (Å²) in [5.74, 6) is -13.3. The van der Waals surface area contributed by atoms with E-state index < -0.39 is 170 Å². The van der Waals surface area contributed by atoms with Crippen molar-refractivity contribution in [2.75, 3.05) is 13.2 Å². The minimum atomic E-state index is -1.95. The zero-order valence-electron chi connectivity index (χ0n) is 49.2. The fraction of sp³-hybridized carbons (Fsp3) is 0.800. The van der Waals surface area contributed by atoms with Gasteiger partial charge in [-0.05, 0) is 68.6 Å². The average Bonchev–Trinajstić information content (AvgIpc) is 3.38. The summed E-state index contributed by atoms with van der Waals surface area (Å²) >= 11 is 0. The van der Waals surface area contributed by atoms with Crippen molar-refractivity contribution < 1.29 is 77.9 Å². The van der Waals surface area contributed by atoms with Crippen LogP contribution in [0.25, 0.3) is 0 Å². The summed E-state index contributed by atoms with van der Waals surface area (Å²) in [6.07, 6.45) is 1.31. The summed E-state index contributed by atoms with van der Waals surface area (Å²) in [4.78, 5) is 153. The van der Waals surface area contributed by atoms with Crippen LogP contribution in [0.3, 0.4) is 0 Å². The topological polar surface area (TPSA) is 386 Å². The molecule has 0 bridgehead atoms. The first kappa shape index (κ1) is 72.1. The van der Waals surface area contributed by atoms with E-state index in [1.165, 1.54) is 6.92 Å². The van der Waals surface area contributed by atoms with Crippen LogP contribution in [0, 0.1) is 29.6 Å². The molecule has 9 amide bonds. The van der Waals surface area contributed by atoms with Crippen LogP contribution in [0.15, 0.2) is 0 Å². The molecule has 25 nitrogen and oxygen atoms in total. The SMILES string of the molecule is CCCCCCCC(O)CC(=O)NC(CC(C)C)C(=O)NC(CCC(=O)O)C(=O)NC1C(=O)NC(C(C)CC)C(=O)NC(CC(C)C)C(=O)NC(CO)C(=O)NC(CC(C)C)C(=O)NC(CO)C(=O)NC(C(C)CC)C(=O)OC1C. The van der Waals surface area contributed by atoms with Gasteiger partial charge in [0.25, 0.3) is 0 Å². The van der Waals surface area contributed by atoms with Crippen molar-refractivity contribution in [1.29, 1.82) is 0 Å². The van der Waals surface area contributed by atoms with Crippen LogP contribution >= 0.6 is 0 Å². The van der Waals surface area contributed by atoms with Gasteiger partial charge in [0.05, 0.1) is 25.7 Å². The summed E-state index contributed by atoms with van der Waals surface area (Å²) in [6, 6.07) is -14.1. The molecule has 1 heterocycles. The predicted octanol–water partition coefficient (Wildman–Crippen LogP) is 0.486. The van der Waals surface area contributed by atoms with E-state index in [0.29, 0.717) is 12.8 Å². The molecule has 458 valence electrons. The van der Waals surface area contributed by atoms with Crippen LogP contribution in [-0.4, -0.2) is 165 Å². The number of carbonyl (C=O) groups is 11. The molecule has 0 aliphatic carbocycles. The van der Waals surface area contributed by atoms with E-state index in [9.17, 15) is 73.2 Å². The van der Waals surface area contributed by atoms with Gasteiger partial charge in [-0.2, -0.15) is 0 Å². The third-order valence-electron chi connectivity index (χ3n) is 13.9. The lowest BCUT2D eigenvalue weighted by molar-refractivity contribution is -0.158. The third kappa shape index (κ3) is 26.1. The van der Waals surface area contributed by atoms with Crippen molar-refractivity contribution in [1.82, 2.24) is 47.9 Å². The lowest BCUT2D eigenvalue weighted by Gasteiger charge is -2.32. The third-order valence-corrected chi connectivity index (χ3v) is 13.9. The molecule has 0 spiro atoms. The van der Waals surface area contributed by atoms with Crippen molar-refractivity contribution in [2.24, 2.45) is 29.6 Å². The second-order valence-electron chi connectivity index (χ2n) is 22.5. The smallest absolute Gasteiger partial charge is 0.329 e. The number of unbranched alkanes of at least 4 members (excludes halogenated alkanes) is 4. The number of cyclic esters (lactones) is 1. The second-order valence-corrected chi connectivity index (χ2v) is 22.5. The number of aliphatic carboxylic acids is 1. The summed E-state index contributed by atoms with van der Waals surface area (Å²) in [5.41, 5.74) is 0. The first-order valence-electron chi connectivity index (χ1n) is 28.6. The Balaban J connectivity index is 4.04. The van der Waals surface area contributed by atoms with Crippen molar-refractivity contribution in [3.8, 4) is 0 Å². The molecular weight excluding hydrogens is 1040 g/mol. The molecule has 25 heteroatoms. The molecule has 1 fully saturated rings. The summed E-state index contributed by atoms with van der Waals surface area (Å²) < 4.78 is 5.85. The molecule has 0 radical (unpaired) electrons. The number of hydrogen-bond acceptors (Lipinski definition) is 15. The Morgan fingerprint density at radius 1 is 0.562 bits per heavy atom. The Labute approximate surface area is 471 Å². The first-order chi connectivity index (χ1) is 37.5. The molecule has 0 saturated carbocycles. The van der Waals surface area contributed by atoms with Gasteiger partial charge in [0.1, 0.15) is 60.5 Å². The van der Waals surface area contributed by atoms with E-state index in [-0.39, 0.29) is 56.3 Å². The van der Waals surface area contributed by atoms with Gasteiger partial charge in [0.15, 0.2) is 0 Å². The van der Waals surface area contributed by atoms with Gasteiger partial charge >= 0.3 is 11.9 Å². The van der Waals surface area contributed by atoms with E-state index in [4.69, 9.17) is 4.74 Å². The number of carboxylic acids is 1. The van der Waals surface area contributed by atoms with Gasteiger partial charge in [0, 0.05) is 6.42 Å². The highest BCUT2D eigenvalue weighted by Gasteiger charge is 2.41. The molecule has 0 aromatic carbocycles. The lowest BCUT2D eigenvalue weighted by Crippen LogP contribution is -2.64. The van der Waals surface area contributed by atoms with E-state index in [0.717, 1.165) is 25.7 Å². The number of amides is 9. The molecule has 1 aliphatic rings. The molecule has 80 heavy (non-hydrogen) atoms. The van der Waals surface area contributed by atoms with Crippen molar-refractivity contribution in [3.05, 3.63) is 0 Å². The number of nitrogens with one attached hydrogen (secondary N) is 9. The predicted molar refractivity (Wildman–Crippen MR) is 295 cm³/mol. The van der Waals surface area contributed by atoms with Gasteiger partial charge in [-0.25, -0.2) is 4.79 Å². The quantitative estimate of drug-likeness (QED) is 0.0374. The summed E-state index contributed by atoms with van der Waals surface area (Å²) in [5, 5.41) is 63.7. The highest BCUT2D eigenvalue weighted by atomic mass is 16.5. The maximum absolute atomic E-state index is 14.8. The fourth-order valence-corrected chi connectivity index (χ4v) is 8.78. The van der Waals surface area contributed by atoms with Crippen LogP contribution in [0.4, 0.5) is 0 Å². The Kier molecular flexibility index (Phi) is 33.5. The van der Waals surface area contributed by atoms with E-state index in [1.54, 1.807) is 69.2 Å². The number of rotatable bonds is 28. The van der Waals surface area contributed by atoms with Gasteiger partial charge in [-0.15, -0.1) is 0 Å². The van der Waals surface area contributed by atoms with Crippen molar-refractivity contribution >= 4 is 65.1 Å². The highest BCUT2D eigenvalue weighted by molar-refractivity contribution is 5.99. The molecule has 1 rings (SSSR count). The second kappa shape index (κ2) is 37.1. The zero-order chi connectivity index (χ0) is 61.0. The van der Waals surface area contributed by atoms with E-state index >= 15 is 0 Å². The van der Waals surface area contributed by atoms with Gasteiger partial charge < -0.3 is 73.0 Å². The standard InChI is InChI=1S/C55H97N9O16/c1-13-16-17-18-19-20-35(67)26-42(68)56-37(23-29(4)5)48(72)57-36(21-22-43(69)70)47(71)64-46-34(12)80-55(79)45(33(11)15-3)63-52(76)41(28-66)61-49(73)38(24-30(6)7)58-51(75)40(27-65)60-50(74)39(25-31(8)9)59-53(77)44(32(10)14-2)62-54(46)78/h29-41,44-46,65-67H,13-28H2,1-12H3,(H,56,68)(H,57,72)(H,58,75)(H,59,77)(H,60,74)(H,61,73)(H,62,78)(H,63,76)(H,64,71)(H,69,70). The monoisotopic (exact) mass is 1140 g/mol. The lowest BCUT2D eigenvalue weighted by atomic mass is 9.96. The van der Waals surface area contributed by atoms with Gasteiger partial charge in [0.2, 0.25) is 53.2 Å². The molecule has 13 atom stereocenters. The first-order valence-corrected chi connectivity index (χ1v) is 28.6. The van der Waals surface area contributed by atoms with Crippen LogP contribution in [-0.2, 0) is 57.5 Å². The number of aliphatic hydroxyl groups is 3. The minimum Gasteiger partial charge on any atom is -0.481 e. The molecule has 1 saturated heterocycles. The molecule has 0 aromatic rings. The van der Waals surface area contributed by atoms with Crippen LogP contribution in [0.5, 0.6) is 0 Å². The van der Waals surface area contributed by atoms with Crippen molar-refractivity contribution in [3.63, 3.8) is 0 Å². The largest absolute Gasteiger partial charge is 0.481 e. The maximum Gasteiger partial charge on any atom is 0.329 e. The van der Waals surface area contributed by atoms with Gasteiger partial charge in [-0.1, -0.05) is 121 Å². The Bertz CT molecular complexity index is 2040. The Hall–Kier alpha value is -5.95. The van der Waals surface area contributed by atoms with Crippen LogP contribution in [0.1, 0.15) is 173 Å².